The Kier molecular flexibility index (Phi) is 5.20. The van der Waals surface area contributed by atoms with E-state index in [1.807, 2.05) is 36.4 Å². The molecular formula is C18H14ClN3O3S2. The summed E-state index contributed by atoms with van der Waals surface area (Å²) in [6.45, 7) is 0. The second kappa shape index (κ2) is 7.75. The summed E-state index contributed by atoms with van der Waals surface area (Å²) < 4.78 is 18.0. The highest BCUT2D eigenvalue weighted by Crippen LogP contribution is 2.34. The summed E-state index contributed by atoms with van der Waals surface area (Å²) in [6.07, 6.45) is 0. The lowest BCUT2D eigenvalue weighted by atomic mass is 10.2. The first-order valence-electron chi connectivity index (χ1n) is 7.90. The maximum atomic E-state index is 6.01. The first-order chi connectivity index (χ1) is 13.2. The summed E-state index contributed by atoms with van der Waals surface area (Å²) in [4.78, 5) is 9.03. The van der Waals surface area contributed by atoms with Gasteiger partial charge in [0.05, 0.1) is 30.2 Å². The molecule has 0 fully saturated rings. The summed E-state index contributed by atoms with van der Waals surface area (Å²) >= 11 is 9.17. The molecule has 0 bridgehead atoms. The quantitative estimate of drug-likeness (QED) is 0.392. The number of methoxy groups -OCH3 is 2. The minimum absolute atomic E-state index is 0.502. The maximum absolute atomic E-state index is 6.01. The van der Waals surface area contributed by atoms with E-state index >= 15 is 0 Å². The van der Waals surface area contributed by atoms with Gasteiger partial charge in [0.1, 0.15) is 0 Å². The van der Waals surface area contributed by atoms with Crippen LogP contribution in [0.15, 0.2) is 45.3 Å². The lowest BCUT2D eigenvalue weighted by Gasteiger charge is -2.07. The third-order valence-corrected chi connectivity index (χ3v) is 6.16. The van der Waals surface area contributed by atoms with Crippen molar-refractivity contribution in [3.8, 4) is 22.9 Å². The summed E-state index contributed by atoms with van der Waals surface area (Å²) in [5.41, 5.74) is 1.69. The Hall–Kier alpha value is -2.29. The molecule has 2 heterocycles. The first-order valence-corrected chi connectivity index (χ1v) is 10.1. The zero-order chi connectivity index (χ0) is 18.8. The molecule has 0 radical (unpaired) electrons. The third-order valence-electron chi connectivity index (χ3n) is 3.76. The molecule has 0 saturated carbocycles. The number of thiazole rings is 1. The predicted molar refractivity (Wildman–Crippen MR) is 107 cm³/mol. The van der Waals surface area contributed by atoms with Crippen LogP contribution >= 0.6 is 34.7 Å². The molecule has 0 amide bonds. The van der Waals surface area contributed by atoms with E-state index in [0.29, 0.717) is 34.0 Å². The zero-order valence-electron chi connectivity index (χ0n) is 14.4. The summed E-state index contributed by atoms with van der Waals surface area (Å²) in [7, 11) is 3.18. The Morgan fingerprint density at radius 2 is 1.93 bits per heavy atom. The second-order valence-electron chi connectivity index (χ2n) is 5.46. The topological polar surface area (TPSA) is 70.3 Å². The van der Waals surface area contributed by atoms with Crippen LogP contribution in [0.3, 0.4) is 0 Å². The largest absolute Gasteiger partial charge is 0.493 e. The molecule has 0 atom stereocenters. The predicted octanol–water partition coefficient (Wildman–Crippen LogP) is 5.31. The van der Waals surface area contributed by atoms with Gasteiger partial charge < -0.3 is 14.0 Å². The summed E-state index contributed by atoms with van der Waals surface area (Å²) in [6, 6.07) is 11.2. The van der Waals surface area contributed by atoms with Crippen molar-refractivity contribution in [3.05, 3.63) is 47.3 Å². The van der Waals surface area contributed by atoms with Crippen LogP contribution in [-0.4, -0.2) is 29.3 Å². The van der Waals surface area contributed by atoms with E-state index in [2.05, 4.69) is 15.1 Å². The van der Waals surface area contributed by atoms with Gasteiger partial charge in [-0.25, -0.2) is 4.98 Å². The van der Waals surface area contributed by atoms with Crippen LogP contribution < -0.4 is 9.47 Å². The number of ether oxygens (including phenoxy) is 2. The van der Waals surface area contributed by atoms with Gasteiger partial charge >= 0.3 is 0 Å². The number of aromatic nitrogens is 3. The smallest absolute Gasteiger partial charge is 0.237 e. The Labute approximate surface area is 168 Å². The SMILES string of the molecule is COc1ccc(-c2noc(CSc3nc4cc(Cl)ccc4s3)n2)cc1OC. The fourth-order valence-corrected chi connectivity index (χ4v) is 4.52. The van der Waals surface area contributed by atoms with Gasteiger partial charge in [0, 0.05) is 10.6 Å². The van der Waals surface area contributed by atoms with E-state index in [1.165, 1.54) is 0 Å². The Balaban J connectivity index is 1.49. The molecule has 27 heavy (non-hydrogen) atoms. The van der Waals surface area contributed by atoms with Crippen molar-refractivity contribution in [1.82, 2.24) is 15.1 Å². The van der Waals surface area contributed by atoms with E-state index < -0.39 is 0 Å². The van der Waals surface area contributed by atoms with Gasteiger partial charge in [0.25, 0.3) is 0 Å². The maximum Gasteiger partial charge on any atom is 0.237 e. The molecule has 138 valence electrons. The molecule has 0 saturated heterocycles. The van der Waals surface area contributed by atoms with Crippen LogP contribution in [0.25, 0.3) is 21.6 Å². The minimum atomic E-state index is 0.502. The highest BCUT2D eigenvalue weighted by Gasteiger charge is 2.13. The fourth-order valence-electron chi connectivity index (χ4n) is 2.47. The molecule has 6 nitrogen and oxygen atoms in total. The van der Waals surface area contributed by atoms with Crippen LogP contribution in [0, 0.1) is 0 Å². The lowest BCUT2D eigenvalue weighted by Crippen LogP contribution is -1.91. The highest BCUT2D eigenvalue weighted by molar-refractivity contribution is 8.00. The van der Waals surface area contributed by atoms with Crippen molar-refractivity contribution in [3.63, 3.8) is 0 Å². The fraction of sp³-hybridized carbons (Fsp3) is 0.167. The number of halogens is 1. The molecule has 0 spiro atoms. The van der Waals surface area contributed by atoms with Crippen LogP contribution in [0.2, 0.25) is 5.02 Å². The van der Waals surface area contributed by atoms with Gasteiger partial charge in [0.2, 0.25) is 11.7 Å². The minimum Gasteiger partial charge on any atom is -0.493 e. The monoisotopic (exact) mass is 419 g/mol. The summed E-state index contributed by atoms with van der Waals surface area (Å²) in [5, 5.41) is 4.74. The van der Waals surface area contributed by atoms with Crippen LogP contribution in [0.5, 0.6) is 11.5 Å². The lowest BCUT2D eigenvalue weighted by molar-refractivity contribution is 0.355. The number of benzene rings is 2. The highest BCUT2D eigenvalue weighted by atomic mass is 35.5. The molecule has 0 unspecified atom stereocenters. The van der Waals surface area contributed by atoms with E-state index in [-0.39, 0.29) is 0 Å². The first kappa shape index (κ1) is 18.1. The van der Waals surface area contributed by atoms with Crippen molar-refractivity contribution in [2.75, 3.05) is 14.2 Å². The average Bonchev–Trinajstić information content (AvgIpc) is 3.32. The molecule has 9 heteroatoms. The van der Waals surface area contributed by atoms with Crippen molar-refractivity contribution >= 4 is 44.9 Å². The molecule has 0 aliphatic carbocycles. The molecule has 4 aromatic rings. The third kappa shape index (κ3) is 3.87. The van der Waals surface area contributed by atoms with Gasteiger partial charge in [-0.3, -0.25) is 0 Å². The Morgan fingerprint density at radius 3 is 2.74 bits per heavy atom. The van der Waals surface area contributed by atoms with Crippen LogP contribution in [-0.2, 0) is 5.75 Å². The van der Waals surface area contributed by atoms with E-state index in [0.717, 1.165) is 20.1 Å². The van der Waals surface area contributed by atoms with Crippen molar-refractivity contribution < 1.29 is 14.0 Å². The van der Waals surface area contributed by atoms with Gasteiger partial charge in [-0.15, -0.1) is 11.3 Å². The molecule has 0 aliphatic heterocycles. The number of rotatable bonds is 6. The van der Waals surface area contributed by atoms with Gasteiger partial charge in [-0.05, 0) is 36.4 Å². The van der Waals surface area contributed by atoms with Crippen molar-refractivity contribution in [2.24, 2.45) is 0 Å². The molecule has 2 aromatic carbocycles. The van der Waals surface area contributed by atoms with E-state index in [4.69, 9.17) is 25.6 Å². The van der Waals surface area contributed by atoms with E-state index in [1.54, 1.807) is 37.3 Å². The molecule has 0 N–H and O–H groups in total. The average molecular weight is 420 g/mol. The number of thioether (sulfide) groups is 1. The molecule has 0 aliphatic rings. The second-order valence-corrected chi connectivity index (χ2v) is 8.15. The standard InChI is InChI=1S/C18H14ClN3O3S2/c1-23-13-5-3-10(7-14(13)24-2)17-21-16(25-22-17)9-26-18-20-12-8-11(19)4-6-15(12)27-18/h3-8H,9H2,1-2H3. The van der Waals surface area contributed by atoms with Crippen molar-refractivity contribution in [2.45, 2.75) is 10.1 Å². The van der Waals surface area contributed by atoms with Crippen LogP contribution in [0.1, 0.15) is 5.89 Å². The van der Waals surface area contributed by atoms with Gasteiger partial charge in [-0.2, -0.15) is 4.98 Å². The number of hydrogen-bond acceptors (Lipinski definition) is 8. The van der Waals surface area contributed by atoms with Crippen molar-refractivity contribution in [1.29, 1.82) is 0 Å². The number of hydrogen-bond donors (Lipinski definition) is 0. The summed E-state index contributed by atoms with van der Waals surface area (Å²) in [5.74, 6) is 2.83. The zero-order valence-corrected chi connectivity index (χ0v) is 16.8. The Morgan fingerprint density at radius 1 is 1.07 bits per heavy atom. The molecule has 4 rings (SSSR count). The normalized spacial score (nSPS) is 11.1. The molecule has 2 aromatic heterocycles. The number of nitrogens with zero attached hydrogens (tertiary/aromatic N) is 3. The van der Waals surface area contributed by atoms with Gasteiger partial charge in [-0.1, -0.05) is 28.5 Å². The number of fused-ring (bicyclic) bond motifs is 1. The van der Waals surface area contributed by atoms with Crippen LogP contribution in [0.4, 0.5) is 0 Å². The Bertz CT molecular complexity index is 1100. The van der Waals surface area contributed by atoms with Gasteiger partial charge in [0.15, 0.2) is 15.8 Å². The molecular weight excluding hydrogens is 406 g/mol. The van der Waals surface area contributed by atoms with E-state index in [9.17, 15) is 0 Å².